The quantitative estimate of drug-likeness (QED) is 0.275. The Morgan fingerprint density at radius 2 is 1.00 bits per heavy atom. The van der Waals surface area contributed by atoms with Crippen molar-refractivity contribution in [3.8, 4) is 22.3 Å². The third kappa shape index (κ3) is 4.43. The highest BCUT2D eigenvalue weighted by Gasteiger charge is 2.19. The molecule has 3 aromatic carbocycles. The zero-order valence-electron chi connectivity index (χ0n) is 17.0. The summed E-state index contributed by atoms with van der Waals surface area (Å²) >= 11 is 0. The summed E-state index contributed by atoms with van der Waals surface area (Å²) in [5.41, 5.74) is 6.57. The van der Waals surface area contributed by atoms with Crippen LogP contribution >= 0.6 is 0 Å². The summed E-state index contributed by atoms with van der Waals surface area (Å²) in [5, 5.41) is 2.75. The van der Waals surface area contributed by atoms with Crippen LogP contribution in [0.3, 0.4) is 0 Å². The summed E-state index contributed by atoms with van der Waals surface area (Å²) in [4.78, 5) is 3.98. The number of hydrogen-bond acceptors (Lipinski definition) is 1. The SMILES string of the molecule is CC.CC.Cc1ccccn1.c1ccc2c(c1)-c1cccc3cccc-2c13. The molecule has 0 spiro atoms. The maximum atomic E-state index is 3.98. The van der Waals surface area contributed by atoms with Crippen LogP contribution in [0, 0.1) is 6.92 Å². The summed E-state index contributed by atoms with van der Waals surface area (Å²) in [6.07, 6.45) is 1.79. The molecule has 0 bridgehead atoms. The molecule has 138 valence electrons. The third-order valence-electron chi connectivity index (χ3n) is 4.22. The van der Waals surface area contributed by atoms with Gasteiger partial charge in [-0.25, -0.2) is 0 Å². The van der Waals surface area contributed by atoms with Crippen molar-refractivity contribution in [1.29, 1.82) is 0 Å². The largest absolute Gasteiger partial charge is 0.262 e. The maximum Gasteiger partial charge on any atom is 0.0372 e. The van der Waals surface area contributed by atoms with E-state index in [0.29, 0.717) is 0 Å². The molecule has 0 fully saturated rings. The van der Waals surface area contributed by atoms with Gasteiger partial charge in [-0.3, -0.25) is 4.98 Å². The lowest BCUT2D eigenvalue weighted by Crippen LogP contribution is -1.73. The van der Waals surface area contributed by atoms with Crippen molar-refractivity contribution in [3.63, 3.8) is 0 Å². The molecule has 1 heterocycles. The van der Waals surface area contributed by atoms with E-state index in [-0.39, 0.29) is 0 Å². The predicted molar refractivity (Wildman–Crippen MR) is 120 cm³/mol. The number of hydrogen-bond donors (Lipinski definition) is 0. The van der Waals surface area contributed by atoms with Gasteiger partial charge in [-0.2, -0.15) is 0 Å². The predicted octanol–water partition coefficient (Wildman–Crippen LogP) is 7.93. The normalized spacial score (nSPS) is 9.67. The fraction of sp³-hybridized carbons (Fsp3) is 0.192. The molecule has 5 rings (SSSR count). The molecule has 0 radical (unpaired) electrons. The standard InChI is InChI=1S/C16H10.C6H7N.2C2H6/c1-2-8-13-12(7-1)14-9-3-5-11-6-4-10-15(13)16(11)14;1-6-4-2-3-5-7-6;2*1-2/h1-10H;2-5H,1H3;2*1-2H3. The summed E-state index contributed by atoms with van der Waals surface area (Å²) in [6, 6.07) is 27.6. The molecule has 1 aliphatic rings. The number of aromatic nitrogens is 1. The van der Waals surface area contributed by atoms with Crippen LogP contribution in [0.1, 0.15) is 33.4 Å². The van der Waals surface area contributed by atoms with Gasteiger partial charge in [-0.05, 0) is 52.1 Å². The van der Waals surface area contributed by atoms with Crippen molar-refractivity contribution in [3.05, 3.63) is 90.8 Å². The highest BCUT2D eigenvalue weighted by atomic mass is 14.6. The first-order chi connectivity index (χ1) is 13.3. The molecule has 0 saturated carbocycles. The van der Waals surface area contributed by atoms with E-state index in [1.807, 2.05) is 52.8 Å². The molecular weight excluding hydrogens is 326 g/mol. The molecule has 1 aliphatic carbocycles. The van der Waals surface area contributed by atoms with Crippen molar-refractivity contribution in [2.45, 2.75) is 34.6 Å². The lowest BCUT2D eigenvalue weighted by atomic mass is 10.0. The Balaban J connectivity index is 0.000000201. The van der Waals surface area contributed by atoms with E-state index in [9.17, 15) is 0 Å². The molecule has 0 saturated heterocycles. The molecule has 1 aromatic heterocycles. The molecule has 1 heteroatoms. The first-order valence-corrected chi connectivity index (χ1v) is 9.84. The van der Waals surface area contributed by atoms with Crippen LogP contribution in [0.25, 0.3) is 33.0 Å². The van der Waals surface area contributed by atoms with Gasteiger partial charge in [0.2, 0.25) is 0 Å². The smallest absolute Gasteiger partial charge is 0.0372 e. The van der Waals surface area contributed by atoms with Gasteiger partial charge in [-0.1, -0.05) is 94.4 Å². The molecule has 0 amide bonds. The topological polar surface area (TPSA) is 12.9 Å². The number of benzene rings is 3. The zero-order valence-corrected chi connectivity index (χ0v) is 17.0. The number of fused-ring (bicyclic) bond motifs is 3. The minimum atomic E-state index is 1.07. The van der Waals surface area contributed by atoms with Crippen LogP contribution in [0.15, 0.2) is 85.1 Å². The van der Waals surface area contributed by atoms with E-state index in [0.717, 1.165) is 5.69 Å². The highest BCUT2D eigenvalue weighted by Crippen LogP contribution is 2.46. The van der Waals surface area contributed by atoms with Gasteiger partial charge >= 0.3 is 0 Å². The Hall–Kier alpha value is -2.93. The molecule has 4 aromatic rings. The van der Waals surface area contributed by atoms with E-state index in [2.05, 4.69) is 65.6 Å². The van der Waals surface area contributed by atoms with E-state index < -0.39 is 0 Å². The second-order valence-electron chi connectivity index (χ2n) is 5.73. The number of rotatable bonds is 0. The Morgan fingerprint density at radius 3 is 1.41 bits per heavy atom. The molecule has 0 unspecified atom stereocenters. The first kappa shape index (κ1) is 20.4. The van der Waals surface area contributed by atoms with Gasteiger partial charge in [0.25, 0.3) is 0 Å². The van der Waals surface area contributed by atoms with Gasteiger partial charge in [0, 0.05) is 11.9 Å². The van der Waals surface area contributed by atoms with Gasteiger partial charge in [0.15, 0.2) is 0 Å². The molecule has 0 N–H and O–H groups in total. The Labute approximate surface area is 163 Å². The average Bonchev–Trinajstić information content (AvgIpc) is 3.09. The first-order valence-electron chi connectivity index (χ1n) is 9.84. The maximum absolute atomic E-state index is 3.98. The molecule has 0 aliphatic heterocycles. The van der Waals surface area contributed by atoms with Crippen LogP contribution < -0.4 is 0 Å². The third-order valence-corrected chi connectivity index (χ3v) is 4.22. The number of aryl methyl sites for hydroxylation is 1. The van der Waals surface area contributed by atoms with Crippen LogP contribution in [-0.2, 0) is 0 Å². The van der Waals surface area contributed by atoms with Crippen molar-refractivity contribution < 1.29 is 0 Å². The lowest BCUT2D eigenvalue weighted by Gasteiger charge is -2.00. The van der Waals surface area contributed by atoms with Crippen LogP contribution in [0.5, 0.6) is 0 Å². The lowest BCUT2D eigenvalue weighted by molar-refractivity contribution is 1.20. The van der Waals surface area contributed by atoms with Crippen molar-refractivity contribution in [1.82, 2.24) is 4.98 Å². The average molecular weight is 356 g/mol. The van der Waals surface area contributed by atoms with Crippen LogP contribution in [0.2, 0.25) is 0 Å². The monoisotopic (exact) mass is 355 g/mol. The highest BCUT2D eigenvalue weighted by molar-refractivity contribution is 6.15. The van der Waals surface area contributed by atoms with Gasteiger partial charge in [0.1, 0.15) is 0 Å². The Kier molecular flexibility index (Phi) is 7.76. The van der Waals surface area contributed by atoms with E-state index in [1.165, 1.54) is 33.0 Å². The van der Waals surface area contributed by atoms with Crippen LogP contribution in [0.4, 0.5) is 0 Å². The molecule has 1 nitrogen and oxygen atoms in total. The fourth-order valence-electron chi connectivity index (χ4n) is 3.19. The van der Waals surface area contributed by atoms with E-state index >= 15 is 0 Å². The van der Waals surface area contributed by atoms with Crippen molar-refractivity contribution in [2.75, 3.05) is 0 Å². The number of nitrogens with zero attached hydrogens (tertiary/aromatic N) is 1. The summed E-state index contributed by atoms with van der Waals surface area (Å²) < 4.78 is 0. The van der Waals surface area contributed by atoms with E-state index in [4.69, 9.17) is 0 Å². The van der Waals surface area contributed by atoms with Crippen molar-refractivity contribution >= 4 is 10.8 Å². The van der Waals surface area contributed by atoms with Gasteiger partial charge < -0.3 is 0 Å². The molecule has 0 atom stereocenters. The Morgan fingerprint density at radius 1 is 0.519 bits per heavy atom. The van der Waals surface area contributed by atoms with E-state index in [1.54, 1.807) is 6.20 Å². The zero-order chi connectivity index (χ0) is 19.6. The fourth-order valence-corrected chi connectivity index (χ4v) is 3.19. The molecule has 27 heavy (non-hydrogen) atoms. The summed E-state index contributed by atoms with van der Waals surface area (Å²) in [5.74, 6) is 0. The second-order valence-corrected chi connectivity index (χ2v) is 5.73. The molecular formula is C26H29N. The second kappa shape index (κ2) is 10.3. The minimum Gasteiger partial charge on any atom is -0.262 e. The number of pyridine rings is 1. The van der Waals surface area contributed by atoms with Crippen LogP contribution in [-0.4, -0.2) is 4.98 Å². The van der Waals surface area contributed by atoms with Gasteiger partial charge in [-0.15, -0.1) is 0 Å². The summed E-state index contributed by atoms with van der Waals surface area (Å²) in [6.45, 7) is 9.97. The Bertz CT molecular complexity index is 914. The van der Waals surface area contributed by atoms with Gasteiger partial charge in [0.05, 0.1) is 0 Å². The van der Waals surface area contributed by atoms with Crippen molar-refractivity contribution in [2.24, 2.45) is 0 Å². The minimum absolute atomic E-state index is 1.07. The summed E-state index contributed by atoms with van der Waals surface area (Å²) in [7, 11) is 0.